The smallest absolute Gasteiger partial charge is 0.330 e. The van der Waals surface area contributed by atoms with Gasteiger partial charge in [-0.05, 0) is 36.4 Å². The summed E-state index contributed by atoms with van der Waals surface area (Å²) in [5.41, 5.74) is 1.64. The van der Waals surface area contributed by atoms with Crippen molar-refractivity contribution in [1.82, 2.24) is 9.55 Å². The Hall–Kier alpha value is -3.58. The minimum atomic E-state index is -0.486. The van der Waals surface area contributed by atoms with Crippen LogP contribution in [0.25, 0.3) is 11.8 Å². The quantitative estimate of drug-likeness (QED) is 0.323. The summed E-state index contributed by atoms with van der Waals surface area (Å²) in [6.07, 6.45) is 6.14. The first-order chi connectivity index (χ1) is 14.5. The van der Waals surface area contributed by atoms with Crippen molar-refractivity contribution in [1.29, 1.82) is 0 Å². The molecule has 0 aliphatic heterocycles. The van der Waals surface area contributed by atoms with E-state index >= 15 is 0 Å². The zero-order valence-corrected chi connectivity index (χ0v) is 17.3. The van der Waals surface area contributed by atoms with Crippen LogP contribution in [0.5, 0.6) is 11.5 Å². The molecule has 30 heavy (non-hydrogen) atoms. The van der Waals surface area contributed by atoms with Crippen LogP contribution in [0.15, 0.2) is 54.9 Å². The average Bonchev–Trinajstić information content (AvgIpc) is 3.24. The predicted octanol–water partition coefficient (Wildman–Crippen LogP) is 3.96. The Morgan fingerprint density at radius 3 is 2.60 bits per heavy atom. The maximum absolute atomic E-state index is 13.4. The van der Waals surface area contributed by atoms with Gasteiger partial charge in [-0.2, -0.15) is 0 Å². The Balaban J connectivity index is 2.13. The number of rotatable bonds is 7. The molecule has 7 nitrogen and oxygen atoms in total. The van der Waals surface area contributed by atoms with E-state index in [1.54, 1.807) is 53.2 Å². The number of aromatic nitrogens is 2. The fraction of sp³-hybridized carbons (Fsp3) is 0.136. The minimum absolute atomic E-state index is 0.0965. The molecule has 0 saturated heterocycles. The van der Waals surface area contributed by atoms with E-state index in [0.29, 0.717) is 27.7 Å². The largest absolute Gasteiger partial charge is 0.493 e. The topological polar surface area (TPSA) is 79.7 Å². The Labute approximate surface area is 178 Å². The first-order valence-corrected chi connectivity index (χ1v) is 9.23. The minimum Gasteiger partial charge on any atom is -0.493 e. The number of carbonyl (C=O) groups excluding carboxylic acids is 2. The third kappa shape index (κ3) is 4.21. The fourth-order valence-corrected chi connectivity index (χ4v) is 3.12. The summed E-state index contributed by atoms with van der Waals surface area (Å²) in [4.78, 5) is 29.1. The van der Waals surface area contributed by atoms with Crippen molar-refractivity contribution in [3.8, 4) is 17.2 Å². The highest BCUT2D eigenvalue weighted by Crippen LogP contribution is 2.32. The van der Waals surface area contributed by atoms with Crippen LogP contribution in [0.4, 0.5) is 0 Å². The van der Waals surface area contributed by atoms with Crippen LogP contribution in [0.1, 0.15) is 21.7 Å². The molecular formula is C22H19ClN2O5. The normalized spacial score (nSPS) is 10.8. The number of ether oxygens (including phenoxy) is 3. The highest BCUT2D eigenvalue weighted by molar-refractivity contribution is 6.31. The third-order valence-electron chi connectivity index (χ3n) is 4.34. The number of esters is 1. The molecule has 0 N–H and O–H groups in total. The van der Waals surface area contributed by atoms with E-state index in [4.69, 9.17) is 21.1 Å². The maximum Gasteiger partial charge on any atom is 0.330 e. The number of pyridine rings is 1. The highest BCUT2D eigenvalue weighted by Gasteiger charge is 2.23. The van der Waals surface area contributed by atoms with Gasteiger partial charge in [-0.25, -0.2) is 9.78 Å². The number of halogens is 1. The van der Waals surface area contributed by atoms with E-state index in [9.17, 15) is 9.59 Å². The lowest BCUT2D eigenvalue weighted by Crippen LogP contribution is -2.11. The molecule has 0 saturated carbocycles. The van der Waals surface area contributed by atoms with Crippen LogP contribution in [-0.2, 0) is 9.53 Å². The van der Waals surface area contributed by atoms with Gasteiger partial charge in [0, 0.05) is 40.8 Å². The van der Waals surface area contributed by atoms with Gasteiger partial charge in [-0.15, -0.1) is 0 Å². The SMILES string of the molecule is COC(=O)/C=C/c1cccn1-c1ccc(Cl)cc1C(=O)c1nccc(OC)c1OC. The van der Waals surface area contributed by atoms with Crippen molar-refractivity contribution in [2.45, 2.75) is 0 Å². The third-order valence-corrected chi connectivity index (χ3v) is 4.58. The van der Waals surface area contributed by atoms with E-state index in [-0.39, 0.29) is 17.2 Å². The maximum atomic E-state index is 13.4. The lowest BCUT2D eigenvalue weighted by atomic mass is 10.0. The van der Waals surface area contributed by atoms with Gasteiger partial charge in [0.05, 0.1) is 27.0 Å². The molecule has 3 aromatic rings. The number of benzene rings is 1. The summed E-state index contributed by atoms with van der Waals surface area (Å²) in [6.45, 7) is 0. The second kappa shape index (κ2) is 9.28. The molecule has 2 aromatic heterocycles. The first kappa shape index (κ1) is 21.1. The van der Waals surface area contributed by atoms with Crippen LogP contribution in [0, 0.1) is 0 Å². The zero-order valence-electron chi connectivity index (χ0n) is 16.6. The van der Waals surface area contributed by atoms with Crippen molar-refractivity contribution in [2.24, 2.45) is 0 Å². The number of methoxy groups -OCH3 is 3. The lowest BCUT2D eigenvalue weighted by molar-refractivity contribution is -0.134. The average molecular weight is 427 g/mol. The first-order valence-electron chi connectivity index (χ1n) is 8.85. The van der Waals surface area contributed by atoms with Gasteiger partial charge in [0.1, 0.15) is 0 Å². The highest BCUT2D eigenvalue weighted by atomic mass is 35.5. The van der Waals surface area contributed by atoms with Crippen LogP contribution < -0.4 is 9.47 Å². The second-order valence-corrected chi connectivity index (χ2v) is 6.48. The van der Waals surface area contributed by atoms with E-state index in [0.717, 1.165) is 0 Å². The van der Waals surface area contributed by atoms with Gasteiger partial charge in [-0.3, -0.25) is 4.79 Å². The van der Waals surface area contributed by atoms with Gasteiger partial charge in [0.15, 0.2) is 17.2 Å². The molecule has 0 radical (unpaired) electrons. The Morgan fingerprint density at radius 1 is 1.10 bits per heavy atom. The predicted molar refractivity (Wildman–Crippen MR) is 113 cm³/mol. The summed E-state index contributed by atoms with van der Waals surface area (Å²) in [5.74, 6) is -0.253. The van der Waals surface area contributed by atoms with Gasteiger partial charge in [-0.1, -0.05) is 11.6 Å². The molecule has 8 heteroatoms. The van der Waals surface area contributed by atoms with Gasteiger partial charge in [0.25, 0.3) is 0 Å². The van der Waals surface area contributed by atoms with E-state index in [2.05, 4.69) is 9.72 Å². The molecule has 1 aromatic carbocycles. The van der Waals surface area contributed by atoms with Gasteiger partial charge >= 0.3 is 5.97 Å². The van der Waals surface area contributed by atoms with Gasteiger partial charge < -0.3 is 18.8 Å². The molecule has 0 spiro atoms. The number of nitrogens with zero attached hydrogens (tertiary/aromatic N) is 2. The van der Waals surface area contributed by atoms with Crippen molar-refractivity contribution >= 4 is 29.4 Å². The molecular weight excluding hydrogens is 408 g/mol. The summed E-state index contributed by atoms with van der Waals surface area (Å²) < 4.78 is 17.0. The molecule has 0 fully saturated rings. The molecule has 2 heterocycles. The Kier molecular flexibility index (Phi) is 6.54. The number of ketones is 1. The molecule has 0 aliphatic carbocycles. The molecule has 154 valence electrons. The van der Waals surface area contributed by atoms with E-state index < -0.39 is 5.97 Å². The summed E-state index contributed by atoms with van der Waals surface area (Å²) in [5, 5.41) is 0.391. The lowest BCUT2D eigenvalue weighted by Gasteiger charge is -2.15. The van der Waals surface area contributed by atoms with Crippen LogP contribution in [0.2, 0.25) is 5.02 Å². The summed E-state index contributed by atoms with van der Waals surface area (Å²) in [7, 11) is 4.23. The molecule has 0 unspecified atom stereocenters. The monoisotopic (exact) mass is 426 g/mol. The molecule has 0 bridgehead atoms. The molecule has 3 rings (SSSR count). The van der Waals surface area contributed by atoms with Crippen molar-refractivity contribution < 1.29 is 23.8 Å². The molecule has 0 aliphatic rings. The molecule has 0 amide bonds. The van der Waals surface area contributed by atoms with Crippen LogP contribution in [-0.4, -0.2) is 42.6 Å². The van der Waals surface area contributed by atoms with Gasteiger partial charge in [0.2, 0.25) is 5.78 Å². The summed E-state index contributed by atoms with van der Waals surface area (Å²) >= 11 is 6.19. The zero-order chi connectivity index (χ0) is 21.7. The number of hydrogen-bond acceptors (Lipinski definition) is 6. The van der Waals surface area contributed by atoms with Crippen molar-refractivity contribution in [3.63, 3.8) is 0 Å². The second-order valence-electron chi connectivity index (χ2n) is 6.05. The Morgan fingerprint density at radius 2 is 1.90 bits per heavy atom. The van der Waals surface area contributed by atoms with Crippen molar-refractivity contribution in [3.05, 3.63) is 76.8 Å². The Bertz CT molecular complexity index is 1120. The van der Waals surface area contributed by atoms with E-state index in [1.807, 2.05) is 0 Å². The standard InChI is InChI=1S/C22H19ClN2O5/c1-28-18-10-11-24-20(22(18)30-3)21(27)16-13-14(23)6-8-17(16)25-12-4-5-15(25)7-9-19(26)29-2/h4-13H,1-3H3/b9-7+. The van der Waals surface area contributed by atoms with Crippen LogP contribution >= 0.6 is 11.6 Å². The number of hydrogen-bond donors (Lipinski definition) is 0. The molecule has 0 atom stereocenters. The van der Waals surface area contributed by atoms with E-state index in [1.165, 1.54) is 33.6 Å². The summed E-state index contributed by atoms with van der Waals surface area (Å²) in [6, 6.07) is 10.2. The number of carbonyl (C=O) groups is 2. The fourth-order valence-electron chi connectivity index (χ4n) is 2.95. The van der Waals surface area contributed by atoms with Crippen LogP contribution in [0.3, 0.4) is 0 Å². The van der Waals surface area contributed by atoms with Crippen molar-refractivity contribution in [2.75, 3.05) is 21.3 Å².